The summed E-state index contributed by atoms with van der Waals surface area (Å²) >= 11 is 0. The largest absolute Gasteiger partial charge is 0.326 e. The van der Waals surface area contributed by atoms with Crippen molar-refractivity contribution in [2.45, 2.75) is 19.0 Å². The number of hydrogen-bond donors (Lipinski definition) is 4. The van der Waals surface area contributed by atoms with Crippen molar-refractivity contribution in [3.05, 3.63) is 65.5 Å². The molecule has 2 aromatic rings. The normalized spacial score (nSPS) is 11.7. The molecule has 0 aliphatic carbocycles. The molecule has 0 aliphatic rings. The minimum Gasteiger partial charge on any atom is -0.326 e. The number of pyridine rings is 1. The summed E-state index contributed by atoms with van der Waals surface area (Å²) in [6.45, 7) is 1.68. The van der Waals surface area contributed by atoms with Crippen molar-refractivity contribution in [2.24, 2.45) is 5.73 Å². The molecule has 1 aromatic carbocycles. The Bertz CT molecular complexity index is 750. The minimum absolute atomic E-state index is 0.322. The average Bonchev–Trinajstić information content (AvgIpc) is 2.68. The van der Waals surface area contributed by atoms with Crippen LogP contribution in [0.3, 0.4) is 0 Å². The molecule has 0 spiro atoms. The smallest absolute Gasteiger partial charge is 0.262 e. The summed E-state index contributed by atoms with van der Waals surface area (Å²) in [5.74, 6) is 5.52. The van der Waals surface area contributed by atoms with E-state index in [0.29, 0.717) is 5.56 Å². The summed E-state index contributed by atoms with van der Waals surface area (Å²) in [6, 6.07) is 10.0. The second-order valence-corrected chi connectivity index (χ2v) is 5.33. The van der Waals surface area contributed by atoms with Gasteiger partial charge in [-0.2, -0.15) is 0 Å². The van der Waals surface area contributed by atoms with Gasteiger partial charge in [0.15, 0.2) is 0 Å². The monoisotopic (exact) mass is 354 g/mol. The van der Waals surface area contributed by atoms with Crippen molar-refractivity contribution in [2.75, 3.05) is 7.05 Å². The van der Waals surface area contributed by atoms with Gasteiger partial charge in [-0.1, -0.05) is 24.0 Å². The van der Waals surface area contributed by atoms with Crippen molar-refractivity contribution in [1.82, 2.24) is 15.8 Å². The van der Waals surface area contributed by atoms with Gasteiger partial charge in [-0.15, -0.1) is 0 Å². The molecule has 7 heteroatoms. The van der Waals surface area contributed by atoms with Crippen molar-refractivity contribution in [3.63, 3.8) is 0 Å². The maximum atomic E-state index is 10.7. The number of benzene rings is 1. The molecule has 0 saturated carbocycles. The minimum atomic E-state index is -0.537. The summed E-state index contributed by atoms with van der Waals surface area (Å²) in [7, 11) is 1.60. The zero-order chi connectivity index (χ0) is 19.4. The quantitative estimate of drug-likeness (QED) is 0.278. The number of amides is 1. The standard InChI is InChI=1S/C14H9NO.C5H13N3O2/c16-11-14-5-3-12(4-6-14)1-2-13-7-9-15-10-8-13;1-3(6)4(7-2)5(9)8-10/h3-11H;3-4,7,10H,6H2,1-2H3,(H,8,9). The lowest BCUT2D eigenvalue weighted by Gasteiger charge is -2.16. The van der Waals surface area contributed by atoms with Gasteiger partial charge in [0.2, 0.25) is 0 Å². The van der Waals surface area contributed by atoms with Crippen LogP contribution in [0.2, 0.25) is 0 Å². The van der Waals surface area contributed by atoms with Crippen LogP contribution >= 0.6 is 0 Å². The van der Waals surface area contributed by atoms with Crippen LogP contribution in [0.15, 0.2) is 48.8 Å². The maximum Gasteiger partial charge on any atom is 0.262 e. The molecule has 2 rings (SSSR count). The van der Waals surface area contributed by atoms with E-state index in [2.05, 4.69) is 22.1 Å². The average molecular weight is 354 g/mol. The Balaban J connectivity index is 0.000000294. The Kier molecular flexibility index (Phi) is 9.28. The van der Waals surface area contributed by atoms with Crippen LogP contribution in [0, 0.1) is 11.8 Å². The molecule has 0 bridgehead atoms. The number of nitrogens with one attached hydrogen (secondary N) is 2. The van der Waals surface area contributed by atoms with Crippen LogP contribution in [0.1, 0.15) is 28.4 Å². The van der Waals surface area contributed by atoms with Crippen LogP contribution in [-0.2, 0) is 4.79 Å². The van der Waals surface area contributed by atoms with Gasteiger partial charge in [0.25, 0.3) is 5.91 Å². The third-order valence-corrected chi connectivity index (χ3v) is 3.31. The highest BCUT2D eigenvalue weighted by Gasteiger charge is 2.19. The molecule has 5 N–H and O–H groups in total. The predicted octanol–water partition coefficient (Wildman–Crippen LogP) is 0.721. The van der Waals surface area contributed by atoms with E-state index in [9.17, 15) is 9.59 Å². The van der Waals surface area contributed by atoms with Gasteiger partial charge < -0.3 is 11.1 Å². The van der Waals surface area contributed by atoms with E-state index in [1.54, 1.807) is 38.5 Å². The molecule has 1 aromatic heterocycles. The van der Waals surface area contributed by atoms with Crippen LogP contribution in [0.5, 0.6) is 0 Å². The molecule has 136 valence electrons. The Hall–Kier alpha value is -3.05. The molecule has 1 heterocycles. The SMILES string of the molecule is CNC(C(=O)NO)C(C)N.O=Cc1ccc(C#Cc2ccncc2)cc1. The van der Waals surface area contributed by atoms with E-state index < -0.39 is 11.9 Å². The highest BCUT2D eigenvalue weighted by Crippen LogP contribution is 2.01. The van der Waals surface area contributed by atoms with E-state index in [4.69, 9.17) is 10.9 Å². The first kappa shape index (κ1) is 21.0. The second kappa shape index (κ2) is 11.5. The Morgan fingerprint density at radius 1 is 1.15 bits per heavy atom. The van der Waals surface area contributed by atoms with Gasteiger partial charge in [0.1, 0.15) is 12.3 Å². The number of carbonyl (C=O) groups is 2. The van der Waals surface area contributed by atoms with E-state index in [0.717, 1.165) is 17.4 Å². The molecule has 1 amide bonds. The van der Waals surface area contributed by atoms with Gasteiger partial charge in [-0.05, 0) is 38.2 Å². The lowest BCUT2D eigenvalue weighted by atomic mass is 10.1. The Morgan fingerprint density at radius 3 is 2.08 bits per heavy atom. The fourth-order valence-corrected chi connectivity index (χ4v) is 1.93. The summed E-state index contributed by atoms with van der Waals surface area (Å²) in [4.78, 5) is 25.1. The number of rotatable bonds is 4. The van der Waals surface area contributed by atoms with Gasteiger partial charge in [-0.25, -0.2) is 5.48 Å². The fraction of sp³-hybridized carbons (Fsp3) is 0.211. The fourth-order valence-electron chi connectivity index (χ4n) is 1.93. The van der Waals surface area contributed by atoms with Crippen molar-refractivity contribution >= 4 is 12.2 Å². The number of carbonyl (C=O) groups excluding carboxylic acids is 2. The first-order valence-corrected chi connectivity index (χ1v) is 7.86. The third kappa shape index (κ3) is 7.23. The molecule has 0 fully saturated rings. The van der Waals surface area contributed by atoms with Crippen LogP contribution < -0.4 is 16.5 Å². The zero-order valence-electron chi connectivity index (χ0n) is 14.6. The highest BCUT2D eigenvalue weighted by molar-refractivity contribution is 5.81. The first-order valence-electron chi connectivity index (χ1n) is 7.86. The lowest BCUT2D eigenvalue weighted by molar-refractivity contribution is -0.131. The number of hydroxylamine groups is 1. The lowest BCUT2D eigenvalue weighted by Crippen LogP contribution is -2.51. The molecular formula is C19H22N4O3. The number of nitrogens with two attached hydrogens (primary N) is 1. The Morgan fingerprint density at radius 2 is 1.69 bits per heavy atom. The van der Waals surface area contributed by atoms with Gasteiger partial charge >= 0.3 is 0 Å². The van der Waals surface area contributed by atoms with Gasteiger partial charge in [0, 0.05) is 35.1 Å². The number of nitrogens with zero attached hydrogens (tertiary/aromatic N) is 1. The van der Waals surface area contributed by atoms with E-state index in [1.165, 1.54) is 5.48 Å². The van der Waals surface area contributed by atoms with Crippen LogP contribution in [0.25, 0.3) is 0 Å². The van der Waals surface area contributed by atoms with E-state index >= 15 is 0 Å². The summed E-state index contributed by atoms with van der Waals surface area (Å²) in [6.07, 6.45) is 4.24. The molecular weight excluding hydrogens is 332 g/mol. The Labute approximate surface area is 152 Å². The molecule has 7 nitrogen and oxygen atoms in total. The number of aromatic nitrogens is 1. The topological polar surface area (TPSA) is 117 Å². The van der Waals surface area contributed by atoms with E-state index in [-0.39, 0.29) is 6.04 Å². The zero-order valence-corrected chi connectivity index (χ0v) is 14.6. The van der Waals surface area contributed by atoms with Crippen molar-refractivity contribution in [3.8, 4) is 11.8 Å². The number of likely N-dealkylation sites (N-methyl/N-ethyl adjacent to an activating group) is 1. The molecule has 2 unspecified atom stereocenters. The van der Waals surface area contributed by atoms with E-state index in [1.807, 2.05) is 24.3 Å². The van der Waals surface area contributed by atoms with Crippen molar-refractivity contribution < 1.29 is 14.8 Å². The third-order valence-electron chi connectivity index (χ3n) is 3.31. The summed E-state index contributed by atoms with van der Waals surface area (Å²) in [5.41, 5.74) is 9.38. The highest BCUT2D eigenvalue weighted by atomic mass is 16.5. The number of hydrogen-bond acceptors (Lipinski definition) is 6. The van der Waals surface area contributed by atoms with Gasteiger partial charge in [-0.3, -0.25) is 19.8 Å². The molecule has 26 heavy (non-hydrogen) atoms. The molecule has 0 saturated heterocycles. The molecule has 0 aliphatic heterocycles. The van der Waals surface area contributed by atoms with Crippen LogP contribution in [-0.4, -0.2) is 41.5 Å². The molecule has 2 atom stereocenters. The molecule has 0 radical (unpaired) electrons. The van der Waals surface area contributed by atoms with Crippen LogP contribution in [0.4, 0.5) is 0 Å². The number of aldehydes is 1. The van der Waals surface area contributed by atoms with Crippen molar-refractivity contribution in [1.29, 1.82) is 0 Å². The predicted molar refractivity (Wildman–Crippen MR) is 98.5 cm³/mol. The summed E-state index contributed by atoms with van der Waals surface area (Å²) in [5, 5.41) is 10.8. The van der Waals surface area contributed by atoms with Gasteiger partial charge in [0.05, 0.1) is 0 Å². The second-order valence-electron chi connectivity index (χ2n) is 5.33. The first-order chi connectivity index (χ1) is 12.5. The summed E-state index contributed by atoms with van der Waals surface area (Å²) < 4.78 is 0. The maximum absolute atomic E-state index is 10.7.